The third-order valence-electron chi connectivity index (χ3n) is 10.6. The van der Waals surface area contributed by atoms with E-state index in [9.17, 15) is 10.2 Å². The summed E-state index contributed by atoms with van der Waals surface area (Å²) in [6.07, 6.45) is 11.9. The van der Waals surface area contributed by atoms with Crippen molar-refractivity contribution in [2.24, 2.45) is 52.3 Å². The second kappa shape index (κ2) is 7.56. The SMILES string of the molecule is CC(C)CC[C@@H](C)[C@H]1CCC2C3C(CC[C@@]21C)[C@@]1(C)CC[C@@H](O)C[C@H]1C[C@H]3O. The van der Waals surface area contributed by atoms with Gasteiger partial charge >= 0.3 is 0 Å². The molecule has 162 valence electrons. The number of rotatable bonds is 4. The molecule has 2 heteroatoms. The van der Waals surface area contributed by atoms with Crippen LogP contribution in [-0.2, 0) is 0 Å². The minimum Gasteiger partial charge on any atom is -0.393 e. The molecule has 0 spiro atoms. The molecule has 0 saturated heterocycles. The first-order chi connectivity index (χ1) is 13.2. The first kappa shape index (κ1) is 21.2. The number of hydrogen-bond donors (Lipinski definition) is 2. The van der Waals surface area contributed by atoms with Gasteiger partial charge in [-0.15, -0.1) is 0 Å². The van der Waals surface area contributed by atoms with Crippen molar-refractivity contribution in [3.05, 3.63) is 0 Å². The van der Waals surface area contributed by atoms with Gasteiger partial charge in [0.05, 0.1) is 12.2 Å². The zero-order valence-electron chi connectivity index (χ0n) is 19.2. The number of fused-ring (bicyclic) bond motifs is 5. The van der Waals surface area contributed by atoms with Crippen molar-refractivity contribution >= 4 is 0 Å². The van der Waals surface area contributed by atoms with Crippen LogP contribution in [0.5, 0.6) is 0 Å². The molecule has 0 heterocycles. The fourth-order valence-corrected chi connectivity index (χ4v) is 8.97. The van der Waals surface area contributed by atoms with Crippen molar-refractivity contribution in [3.8, 4) is 0 Å². The predicted molar refractivity (Wildman–Crippen MR) is 116 cm³/mol. The van der Waals surface area contributed by atoms with E-state index in [4.69, 9.17) is 0 Å². The quantitative estimate of drug-likeness (QED) is 0.613. The van der Waals surface area contributed by atoms with Gasteiger partial charge in [0.15, 0.2) is 0 Å². The maximum atomic E-state index is 11.3. The van der Waals surface area contributed by atoms with E-state index < -0.39 is 0 Å². The van der Waals surface area contributed by atoms with Gasteiger partial charge in [-0.1, -0.05) is 47.5 Å². The van der Waals surface area contributed by atoms with Gasteiger partial charge < -0.3 is 10.2 Å². The van der Waals surface area contributed by atoms with E-state index in [-0.39, 0.29) is 12.2 Å². The zero-order valence-corrected chi connectivity index (χ0v) is 19.2. The van der Waals surface area contributed by atoms with E-state index in [1.165, 1.54) is 44.9 Å². The molecule has 2 nitrogen and oxygen atoms in total. The van der Waals surface area contributed by atoms with E-state index >= 15 is 0 Å². The van der Waals surface area contributed by atoms with E-state index in [0.29, 0.717) is 28.6 Å². The monoisotopic (exact) mass is 390 g/mol. The summed E-state index contributed by atoms with van der Waals surface area (Å²) in [5.41, 5.74) is 0.793. The van der Waals surface area contributed by atoms with Crippen LogP contribution in [0.25, 0.3) is 0 Å². The normalized spacial score (nSPS) is 52.1. The Morgan fingerprint density at radius 3 is 2.21 bits per heavy atom. The summed E-state index contributed by atoms with van der Waals surface area (Å²) in [5, 5.41) is 21.6. The van der Waals surface area contributed by atoms with Crippen LogP contribution < -0.4 is 0 Å². The molecule has 0 radical (unpaired) electrons. The second-order valence-electron chi connectivity index (χ2n) is 12.4. The Morgan fingerprint density at radius 2 is 1.50 bits per heavy atom. The lowest BCUT2D eigenvalue weighted by Gasteiger charge is -2.62. The van der Waals surface area contributed by atoms with Crippen LogP contribution in [0.3, 0.4) is 0 Å². The summed E-state index contributed by atoms with van der Waals surface area (Å²) in [4.78, 5) is 0. The van der Waals surface area contributed by atoms with Gasteiger partial charge in [-0.05, 0) is 104 Å². The van der Waals surface area contributed by atoms with Crippen molar-refractivity contribution in [2.75, 3.05) is 0 Å². The summed E-state index contributed by atoms with van der Waals surface area (Å²) in [6.45, 7) is 12.3. The topological polar surface area (TPSA) is 40.5 Å². The first-order valence-electron chi connectivity index (χ1n) is 12.5. The van der Waals surface area contributed by atoms with Gasteiger partial charge in [0.1, 0.15) is 0 Å². The highest BCUT2D eigenvalue weighted by molar-refractivity contribution is 5.11. The van der Waals surface area contributed by atoms with Gasteiger partial charge in [-0.2, -0.15) is 0 Å². The maximum absolute atomic E-state index is 11.3. The molecule has 0 aliphatic heterocycles. The Labute approximate surface area is 173 Å². The lowest BCUT2D eigenvalue weighted by atomic mass is 9.43. The molecule has 4 fully saturated rings. The Bertz CT molecular complexity index is 559. The average Bonchev–Trinajstić information content (AvgIpc) is 2.98. The van der Waals surface area contributed by atoms with E-state index in [1.54, 1.807) is 0 Å². The van der Waals surface area contributed by atoms with Crippen LogP contribution >= 0.6 is 0 Å². The lowest BCUT2D eigenvalue weighted by molar-refractivity contribution is -0.174. The summed E-state index contributed by atoms with van der Waals surface area (Å²) in [7, 11) is 0. The standard InChI is InChI=1S/C26H46O2/c1-16(2)6-7-17(3)20-8-9-21-24-22(11-13-26(20,21)5)25(4)12-10-19(27)14-18(25)15-23(24)28/h16-24,27-28H,6-15H2,1-5H3/t17-,18+,19-,20-,21?,22?,23-,24?,25+,26-/m1/s1. The van der Waals surface area contributed by atoms with Crippen molar-refractivity contribution in [3.63, 3.8) is 0 Å². The number of aliphatic hydroxyl groups excluding tert-OH is 2. The minimum atomic E-state index is -0.136. The largest absolute Gasteiger partial charge is 0.393 e. The smallest absolute Gasteiger partial charge is 0.0577 e. The van der Waals surface area contributed by atoms with Crippen LogP contribution in [0, 0.1) is 52.3 Å². The molecule has 4 saturated carbocycles. The highest BCUT2D eigenvalue weighted by Gasteiger charge is 2.62. The van der Waals surface area contributed by atoms with Gasteiger partial charge in [0, 0.05) is 0 Å². The van der Waals surface area contributed by atoms with Gasteiger partial charge in [-0.25, -0.2) is 0 Å². The molecule has 10 atom stereocenters. The molecule has 0 aromatic heterocycles. The molecule has 2 N–H and O–H groups in total. The molecular weight excluding hydrogens is 344 g/mol. The van der Waals surface area contributed by atoms with Crippen molar-refractivity contribution in [1.82, 2.24) is 0 Å². The molecule has 4 aliphatic rings. The van der Waals surface area contributed by atoms with Gasteiger partial charge in [0.25, 0.3) is 0 Å². The lowest BCUT2D eigenvalue weighted by Crippen LogP contribution is -2.58. The van der Waals surface area contributed by atoms with Crippen molar-refractivity contribution in [1.29, 1.82) is 0 Å². The molecule has 4 rings (SSSR count). The van der Waals surface area contributed by atoms with Crippen molar-refractivity contribution in [2.45, 2.75) is 111 Å². The van der Waals surface area contributed by atoms with Crippen LogP contribution in [0.4, 0.5) is 0 Å². The first-order valence-corrected chi connectivity index (χ1v) is 12.5. The van der Waals surface area contributed by atoms with Crippen LogP contribution in [-0.4, -0.2) is 22.4 Å². The highest BCUT2D eigenvalue weighted by Crippen LogP contribution is 2.68. The number of hydrogen-bond acceptors (Lipinski definition) is 2. The molecule has 0 bridgehead atoms. The van der Waals surface area contributed by atoms with Crippen LogP contribution in [0.1, 0.15) is 98.8 Å². The predicted octanol–water partition coefficient (Wildman–Crippen LogP) is 6.05. The second-order valence-corrected chi connectivity index (χ2v) is 12.4. The van der Waals surface area contributed by atoms with Gasteiger partial charge in [0.2, 0.25) is 0 Å². The van der Waals surface area contributed by atoms with E-state index in [1.807, 2.05) is 0 Å². The number of aliphatic hydroxyl groups is 2. The average molecular weight is 391 g/mol. The Balaban J connectivity index is 1.55. The molecule has 3 unspecified atom stereocenters. The zero-order chi connectivity index (χ0) is 20.3. The third kappa shape index (κ3) is 3.29. The Morgan fingerprint density at radius 1 is 0.821 bits per heavy atom. The molecule has 0 aromatic rings. The molecule has 4 aliphatic carbocycles. The minimum absolute atomic E-state index is 0.131. The summed E-state index contributed by atoms with van der Waals surface area (Å²) in [5.74, 6) is 4.92. The van der Waals surface area contributed by atoms with E-state index in [2.05, 4.69) is 34.6 Å². The molecule has 0 amide bonds. The van der Waals surface area contributed by atoms with Crippen LogP contribution in [0.2, 0.25) is 0 Å². The Hall–Kier alpha value is -0.0800. The fourth-order valence-electron chi connectivity index (χ4n) is 8.97. The highest BCUT2D eigenvalue weighted by atomic mass is 16.3. The molecule has 28 heavy (non-hydrogen) atoms. The van der Waals surface area contributed by atoms with Crippen LogP contribution in [0.15, 0.2) is 0 Å². The Kier molecular flexibility index (Phi) is 5.71. The van der Waals surface area contributed by atoms with E-state index in [0.717, 1.165) is 42.9 Å². The molecule has 0 aromatic carbocycles. The third-order valence-corrected chi connectivity index (χ3v) is 10.6. The maximum Gasteiger partial charge on any atom is 0.0577 e. The summed E-state index contributed by atoms with van der Waals surface area (Å²) < 4.78 is 0. The summed E-state index contributed by atoms with van der Waals surface area (Å²) in [6, 6.07) is 0. The fraction of sp³-hybridized carbons (Fsp3) is 1.00. The summed E-state index contributed by atoms with van der Waals surface area (Å²) >= 11 is 0. The van der Waals surface area contributed by atoms with Gasteiger partial charge in [-0.3, -0.25) is 0 Å². The molecular formula is C26H46O2. The van der Waals surface area contributed by atoms with Crippen molar-refractivity contribution < 1.29 is 10.2 Å².